The van der Waals surface area contributed by atoms with E-state index in [1.807, 2.05) is 13.8 Å². The van der Waals surface area contributed by atoms with Crippen molar-refractivity contribution in [1.29, 1.82) is 0 Å². The highest BCUT2D eigenvalue weighted by atomic mass is 16.5. The zero-order valence-corrected chi connectivity index (χ0v) is 12.5. The van der Waals surface area contributed by atoms with Gasteiger partial charge >= 0.3 is 5.97 Å². The third-order valence-electron chi connectivity index (χ3n) is 2.99. The summed E-state index contributed by atoms with van der Waals surface area (Å²) in [6.45, 7) is 5.96. The van der Waals surface area contributed by atoms with Crippen LogP contribution in [0.5, 0.6) is 0 Å². The molecule has 0 unspecified atom stereocenters. The summed E-state index contributed by atoms with van der Waals surface area (Å²) < 4.78 is 6.47. The molecule has 0 aliphatic carbocycles. The van der Waals surface area contributed by atoms with Gasteiger partial charge in [0.25, 0.3) is 0 Å². The number of esters is 1. The molecule has 0 aromatic carbocycles. The zero-order chi connectivity index (χ0) is 15.4. The largest absolute Gasteiger partial charge is 0.462 e. The minimum Gasteiger partial charge on any atom is -0.462 e. The van der Waals surface area contributed by atoms with Gasteiger partial charge in [-0.1, -0.05) is 6.92 Å². The van der Waals surface area contributed by atoms with Crippen molar-refractivity contribution in [2.24, 2.45) is 0 Å². The summed E-state index contributed by atoms with van der Waals surface area (Å²) in [5.41, 5.74) is 7.03. The minimum absolute atomic E-state index is 0.324. The van der Waals surface area contributed by atoms with Gasteiger partial charge in [-0.25, -0.2) is 19.4 Å². The van der Waals surface area contributed by atoms with Gasteiger partial charge in [-0.3, -0.25) is 0 Å². The summed E-state index contributed by atoms with van der Waals surface area (Å²) in [7, 11) is 0. The maximum atomic E-state index is 11.7. The molecule has 0 atom stereocenters. The number of carbonyl (C=O) groups is 1. The quantitative estimate of drug-likeness (QED) is 0.841. The molecule has 0 saturated carbocycles. The summed E-state index contributed by atoms with van der Waals surface area (Å²) in [6, 6.07) is 0. The highest BCUT2D eigenvalue weighted by Crippen LogP contribution is 2.17. The minimum atomic E-state index is -0.405. The van der Waals surface area contributed by atoms with Crippen LogP contribution in [-0.4, -0.2) is 32.3 Å². The summed E-state index contributed by atoms with van der Waals surface area (Å²) >= 11 is 0. The van der Waals surface area contributed by atoms with E-state index in [4.69, 9.17) is 10.5 Å². The van der Waals surface area contributed by atoms with Crippen molar-refractivity contribution in [2.75, 3.05) is 12.3 Å². The summed E-state index contributed by atoms with van der Waals surface area (Å²) in [5.74, 6) is 1.28. The molecule has 0 aliphatic heterocycles. The van der Waals surface area contributed by atoms with Crippen LogP contribution in [0, 0.1) is 6.92 Å². The molecule has 21 heavy (non-hydrogen) atoms. The van der Waals surface area contributed by atoms with E-state index in [0.717, 1.165) is 18.4 Å². The second kappa shape index (κ2) is 6.34. The van der Waals surface area contributed by atoms with E-state index in [-0.39, 0.29) is 0 Å². The van der Waals surface area contributed by atoms with Crippen molar-refractivity contribution < 1.29 is 9.53 Å². The molecule has 2 rings (SSSR count). The Labute approximate surface area is 123 Å². The van der Waals surface area contributed by atoms with Gasteiger partial charge in [0.1, 0.15) is 11.6 Å². The van der Waals surface area contributed by atoms with Gasteiger partial charge in [-0.05, 0) is 20.3 Å². The molecule has 2 aromatic heterocycles. The first kappa shape index (κ1) is 15.0. The van der Waals surface area contributed by atoms with Crippen LogP contribution in [0.25, 0.3) is 5.82 Å². The van der Waals surface area contributed by atoms with Crippen molar-refractivity contribution in [1.82, 2.24) is 19.7 Å². The second-order valence-corrected chi connectivity index (χ2v) is 4.62. The lowest BCUT2D eigenvalue weighted by Crippen LogP contribution is -2.10. The Balaban J connectivity index is 2.39. The number of hydrogen-bond donors (Lipinski definition) is 1. The summed E-state index contributed by atoms with van der Waals surface area (Å²) in [6.07, 6.45) is 4.70. The number of hydrogen-bond acceptors (Lipinski definition) is 6. The first-order valence-corrected chi connectivity index (χ1v) is 6.92. The molecular formula is C14H19N5O2. The monoisotopic (exact) mass is 289 g/mol. The molecule has 0 amide bonds. The van der Waals surface area contributed by atoms with Crippen LogP contribution in [0.1, 0.15) is 42.0 Å². The van der Waals surface area contributed by atoms with E-state index in [2.05, 4.69) is 15.1 Å². The molecule has 0 bridgehead atoms. The smallest absolute Gasteiger partial charge is 0.341 e. The molecular weight excluding hydrogens is 270 g/mol. The number of rotatable bonds is 5. The predicted molar refractivity (Wildman–Crippen MR) is 78.3 cm³/mol. The van der Waals surface area contributed by atoms with Gasteiger partial charge in [0, 0.05) is 18.2 Å². The van der Waals surface area contributed by atoms with Crippen LogP contribution in [0.3, 0.4) is 0 Å². The first-order chi connectivity index (χ1) is 10.1. The molecule has 0 saturated heterocycles. The molecule has 2 heterocycles. The third-order valence-corrected chi connectivity index (χ3v) is 2.99. The Morgan fingerprint density at radius 1 is 1.38 bits per heavy atom. The van der Waals surface area contributed by atoms with E-state index in [9.17, 15) is 4.79 Å². The van der Waals surface area contributed by atoms with Crippen LogP contribution >= 0.6 is 0 Å². The Kier molecular flexibility index (Phi) is 4.52. The maximum Gasteiger partial charge on any atom is 0.341 e. The lowest BCUT2D eigenvalue weighted by Gasteiger charge is -2.09. The molecule has 2 aromatic rings. The second-order valence-electron chi connectivity index (χ2n) is 4.62. The topological polar surface area (TPSA) is 95.9 Å². The van der Waals surface area contributed by atoms with E-state index in [0.29, 0.717) is 29.6 Å². The van der Waals surface area contributed by atoms with Crippen molar-refractivity contribution in [2.45, 2.75) is 33.6 Å². The summed E-state index contributed by atoms with van der Waals surface area (Å²) in [4.78, 5) is 20.4. The molecule has 7 heteroatoms. The van der Waals surface area contributed by atoms with E-state index in [1.54, 1.807) is 13.1 Å². The number of anilines is 1. The summed E-state index contributed by atoms with van der Waals surface area (Å²) in [5, 5.41) is 4.16. The zero-order valence-electron chi connectivity index (χ0n) is 12.5. The predicted octanol–water partition coefficient (Wildman–Crippen LogP) is 1.68. The highest BCUT2D eigenvalue weighted by molar-refractivity contribution is 5.88. The number of nitrogens with zero attached hydrogens (tertiary/aromatic N) is 4. The van der Waals surface area contributed by atoms with Crippen molar-refractivity contribution in [3.05, 3.63) is 29.3 Å². The van der Waals surface area contributed by atoms with Crippen LogP contribution < -0.4 is 5.73 Å². The maximum absolute atomic E-state index is 11.7. The molecule has 0 fully saturated rings. The normalized spacial score (nSPS) is 10.6. The average molecular weight is 289 g/mol. The first-order valence-electron chi connectivity index (χ1n) is 6.92. The molecule has 0 radical (unpaired) electrons. The van der Waals surface area contributed by atoms with Crippen LogP contribution in [0.2, 0.25) is 0 Å². The van der Waals surface area contributed by atoms with Crippen LogP contribution in [0.4, 0.5) is 5.82 Å². The molecule has 0 aliphatic rings. The Hall–Kier alpha value is -2.44. The van der Waals surface area contributed by atoms with Gasteiger partial charge < -0.3 is 10.5 Å². The Bertz CT molecular complexity index is 651. The van der Waals surface area contributed by atoms with Gasteiger partial charge in [0.15, 0.2) is 5.82 Å². The Morgan fingerprint density at radius 2 is 2.14 bits per heavy atom. The fourth-order valence-corrected chi connectivity index (χ4v) is 1.89. The average Bonchev–Trinajstić information content (AvgIpc) is 2.93. The molecule has 2 N–H and O–H groups in total. The number of aromatic nitrogens is 4. The fourth-order valence-electron chi connectivity index (χ4n) is 1.89. The van der Waals surface area contributed by atoms with Crippen molar-refractivity contribution in [3.63, 3.8) is 0 Å². The number of nitrogens with two attached hydrogens (primary N) is 1. The lowest BCUT2D eigenvalue weighted by atomic mass is 10.2. The van der Waals surface area contributed by atoms with E-state index in [1.165, 1.54) is 10.9 Å². The number of aryl methyl sites for hydroxylation is 1. The number of carbonyl (C=O) groups excluding carboxylic acids is 1. The molecule has 0 spiro atoms. The molecule has 112 valence electrons. The fraction of sp³-hybridized carbons (Fsp3) is 0.429. The van der Waals surface area contributed by atoms with Gasteiger partial charge in [0.2, 0.25) is 0 Å². The standard InChI is InChI=1S/C14H19N5O2/c1-4-6-11-17-12(15)9(3)13(18-11)19-8-10(7-16-19)14(20)21-5-2/h7-8H,4-6H2,1-3H3,(H2,15,17,18). The van der Waals surface area contributed by atoms with Crippen molar-refractivity contribution >= 4 is 11.8 Å². The SMILES string of the molecule is CCCc1nc(N)c(C)c(-n2cc(C(=O)OCC)cn2)n1. The number of nitrogen functional groups attached to an aromatic ring is 1. The molecule has 7 nitrogen and oxygen atoms in total. The van der Waals surface area contributed by atoms with E-state index < -0.39 is 5.97 Å². The Morgan fingerprint density at radius 3 is 2.81 bits per heavy atom. The van der Waals surface area contributed by atoms with E-state index >= 15 is 0 Å². The van der Waals surface area contributed by atoms with Gasteiger partial charge in [-0.2, -0.15) is 5.10 Å². The van der Waals surface area contributed by atoms with Gasteiger partial charge in [0.05, 0.1) is 18.4 Å². The number of ether oxygens (including phenoxy) is 1. The van der Waals surface area contributed by atoms with Crippen molar-refractivity contribution in [3.8, 4) is 5.82 Å². The lowest BCUT2D eigenvalue weighted by molar-refractivity contribution is 0.0526. The van der Waals surface area contributed by atoms with Gasteiger partial charge in [-0.15, -0.1) is 0 Å². The third kappa shape index (κ3) is 3.18. The highest BCUT2D eigenvalue weighted by Gasteiger charge is 2.14. The van der Waals surface area contributed by atoms with Crippen LogP contribution in [-0.2, 0) is 11.2 Å². The van der Waals surface area contributed by atoms with Crippen LogP contribution in [0.15, 0.2) is 12.4 Å².